The molecule has 1 amide bonds. The van der Waals surface area contributed by atoms with Crippen molar-refractivity contribution in [1.82, 2.24) is 9.88 Å². The number of aromatic nitrogens is 1. The van der Waals surface area contributed by atoms with Gasteiger partial charge in [0.25, 0.3) is 5.91 Å². The van der Waals surface area contributed by atoms with Crippen molar-refractivity contribution in [2.45, 2.75) is 17.9 Å². The zero-order chi connectivity index (χ0) is 19.6. The third-order valence-corrected chi connectivity index (χ3v) is 6.25. The highest BCUT2D eigenvalue weighted by molar-refractivity contribution is 7.89. The van der Waals surface area contributed by atoms with Crippen LogP contribution < -0.4 is 5.14 Å². The number of sulfonamides is 1. The third-order valence-electron chi connectivity index (χ3n) is 4.31. The molecule has 6 nitrogen and oxygen atoms in total. The minimum atomic E-state index is -3.80. The Kier molecular flexibility index (Phi) is 5.41. The minimum Gasteiger partial charge on any atom is -0.334 e. The Balaban J connectivity index is 1.82. The predicted molar refractivity (Wildman–Crippen MR) is 106 cm³/mol. The van der Waals surface area contributed by atoms with Gasteiger partial charge in [-0.05, 0) is 24.6 Å². The van der Waals surface area contributed by atoms with Gasteiger partial charge in [0.1, 0.15) is 9.88 Å². The summed E-state index contributed by atoms with van der Waals surface area (Å²) in [6.07, 6.45) is 1.57. The van der Waals surface area contributed by atoms with Gasteiger partial charge in [-0.1, -0.05) is 42.5 Å². The smallest absolute Gasteiger partial charge is 0.265 e. The first-order chi connectivity index (χ1) is 12.8. The summed E-state index contributed by atoms with van der Waals surface area (Å²) in [4.78, 5) is 19.3. The topological polar surface area (TPSA) is 93.4 Å². The maximum atomic E-state index is 12.8. The lowest BCUT2D eigenvalue weighted by Crippen LogP contribution is -2.29. The average Bonchev–Trinajstić information content (AvgIpc) is 3.16. The fourth-order valence-electron chi connectivity index (χ4n) is 2.61. The Bertz CT molecular complexity index is 1060. The van der Waals surface area contributed by atoms with Gasteiger partial charge >= 0.3 is 0 Å². The SMILES string of the molecule is CC(c1cccc(S(N)(=O)=O)c1)N(C)C(=O)c1cnc(-c2ccccc2)s1. The molecule has 1 unspecified atom stereocenters. The fraction of sp³-hybridized carbons (Fsp3) is 0.158. The number of carbonyl (C=O) groups excluding carboxylic acids is 1. The second-order valence-electron chi connectivity index (χ2n) is 6.11. The molecule has 0 aliphatic carbocycles. The zero-order valence-corrected chi connectivity index (χ0v) is 16.5. The monoisotopic (exact) mass is 401 g/mol. The molecule has 140 valence electrons. The summed E-state index contributed by atoms with van der Waals surface area (Å²) in [5.74, 6) is -0.178. The summed E-state index contributed by atoms with van der Waals surface area (Å²) in [6.45, 7) is 1.83. The molecule has 3 rings (SSSR count). The van der Waals surface area contributed by atoms with Gasteiger partial charge in [0.05, 0.1) is 17.1 Å². The molecule has 27 heavy (non-hydrogen) atoms. The molecule has 0 saturated heterocycles. The molecular formula is C19H19N3O3S2. The van der Waals surface area contributed by atoms with Crippen LogP contribution in [0.15, 0.2) is 65.7 Å². The summed E-state index contributed by atoms with van der Waals surface area (Å²) in [5, 5.41) is 5.97. The van der Waals surface area contributed by atoms with E-state index in [0.717, 1.165) is 10.6 Å². The van der Waals surface area contributed by atoms with E-state index in [-0.39, 0.29) is 16.8 Å². The highest BCUT2D eigenvalue weighted by atomic mass is 32.2. The summed E-state index contributed by atoms with van der Waals surface area (Å²) in [6, 6.07) is 15.6. The number of primary sulfonamides is 1. The fourth-order valence-corrected chi connectivity index (χ4v) is 4.08. The molecule has 3 aromatic rings. The van der Waals surface area contributed by atoms with Crippen molar-refractivity contribution in [2.24, 2.45) is 5.14 Å². The molecule has 2 aromatic carbocycles. The molecular weight excluding hydrogens is 382 g/mol. The van der Waals surface area contributed by atoms with Crippen LogP contribution in [0.25, 0.3) is 10.6 Å². The van der Waals surface area contributed by atoms with E-state index in [9.17, 15) is 13.2 Å². The van der Waals surface area contributed by atoms with Crippen LogP contribution >= 0.6 is 11.3 Å². The van der Waals surface area contributed by atoms with Gasteiger partial charge in [-0.2, -0.15) is 0 Å². The standard InChI is InChI=1S/C19H19N3O3S2/c1-13(15-9-6-10-16(11-15)27(20,24)25)22(2)19(23)17-12-21-18(26-17)14-7-4-3-5-8-14/h3-13H,1-2H3,(H2,20,24,25). The molecule has 0 aliphatic rings. The lowest BCUT2D eigenvalue weighted by atomic mass is 10.1. The van der Waals surface area contributed by atoms with Crippen molar-refractivity contribution in [2.75, 3.05) is 7.05 Å². The number of rotatable bonds is 5. The molecule has 0 aliphatic heterocycles. The Morgan fingerprint density at radius 3 is 2.52 bits per heavy atom. The summed E-state index contributed by atoms with van der Waals surface area (Å²) in [7, 11) is -2.12. The molecule has 0 spiro atoms. The van der Waals surface area contributed by atoms with Gasteiger partial charge in [-0.15, -0.1) is 11.3 Å². The third kappa shape index (κ3) is 4.24. The van der Waals surface area contributed by atoms with Crippen molar-refractivity contribution in [3.8, 4) is 10.6 Å². The Morgan fingerprint density at radius 1 is 1.15 bits per heavy atom. The van der Waals surface area contributed by atoms with Gasteiger partial charge in [-0.3, -0.25) is 4.79 Å². The van der Waals surface area contributed by atoms with Gasteiger partial charge < -0.3 is 4.90 Å². The first kappa shape index (κ1) is 19.2. The summed E-state index contributed by atoms with van der Waals surface area (Å²) in [5.41, 5.74) is 1.64. The van der Waals surface area contributed by atoms with Crippen LogP contribution in [0.2, 0.25) is 0 Å². The first-order valence-electron chi connectivity index (χ1n) is 8.18. The van der Waals surface area contributed by atoms with Crippen LogP contribution in [-0.4, -0.2) is 31.3 Å². The lowest BCUT2D eigenvalue weighted by Gasteiger charge is -2.25. The molecule has 0 bridgehead atoms. The molecule has 2 N–H and O–H groups in total. The van der Waals surface area contributed by atoms with Gasteiger partial charge in [-0.25, -0.2) is 18.5 Å². The van der Waals surface area contributed by atoms with Crippen molar-refractivity contribution in [3.63, 3.8) is 0 Å². The predicted octanol–water partition coefficient (Wildman–Crippen LogP) is 3.29. The summed E-state index contributed by atoms with van der Waals surface area (Å²) >= 11 is 1.32. The summed E-state index contributed by atoms with van der Waals surface area (Å²) < 4.78 is 23.1. The van der Waals surface area contributed by atoms with E-state index in [0.29, 0.717) is 10.4 Å². The maximum Gasteiger partial charge on any atom is 0.265 e. The molecule has 8 heteroatoms. The van der Waals surface area contributed by atoms with E-state index in [1.807, 2.05) is 37.3 Å². The van der Waals surface area contributed by atoms with Crippen LogP contribution in [0.5, 0.6) is 0 Å². The van der Waals surface area contributed by atoms with Crippen molar-refractivity contribution >= 4 is 27.3 Å². The number of nitrogens with two attached hydrogens (primary N) is 1. The van der Waals surface area contributed by atoms with Crippen LogP contribution in [0, 0.1) is 0 Å². The highest BCUT2D eigenvalue weighted by Gasteiger charge is 2.22. The number of amides is 1. The number of nitrogens with zero attached hydrogens (tertiary/aromatic N) is 2. The molecule has 1 atom stereocenters. The number of carbonyl (C=O) groups is 1. The molecule has 1 heterocycles. The van der Waals surface area contributed by atoms with Crippen LogP contribution in [0.4, 0.5) is 0 Å². The second kappa shape index (κ2) is 7.59. The number of hydrogen-bond donors (Lipinski definition) is 1. The molecule has 0 fully saturated rings. The van der Waals surface area contributed by atoms with Crippen molar-refractivity contribution in [1.29, 1.82) is 0 Å². The molecule has 0 saturated carbocycles. The number of benzene rings is 2. The first-order valence-corrected chi connectivity index (χ1v) is 10.5. The van der Waals surface area contributed by atoms with E-state index in [1.54, 1.807) is 30.3 Å². The van der Waals surface area contributed by atoms with E-state index in [1.165, 1.54) is 23.5 Å². The Labute approximate surface area is 162 Å². The lowest BCUT2D eigenvalue weighted by molar-refractivity contribution is 0.0747. The van der Waals surface area contributed by atoms with Gasteiger partial charge in [0.2, 0.25) is 10.0 Å². The van der Waals surface area contributed by atoms with Crippen molar-refractivity contribution in [3.05, 3.63) is 71.2 Å². The van der Waals surface area contributed by atoms with E-state index in [4.69, 9.17) is 5.14 Å². The van der Waals surface area contributed by atoms with Gasteiger partial charge in [0.15, 0.2) is 0 Å². The average molecular weight is 402 g/mol. The second-order valence-corrected chi connectivity index (χ2v) is 8.70. The van der Waals surface area contributed by atoms with E-state index in [2.05, 4.69) is 4.98 Å². The number of thiazole rings is 1. The highest BCUT2D eigenvalue weighted by Crippen LogP contribution is 2.28. The Hall–Kier alpha value is -2.55. The van der Waals surface area contributed by atoms with Crippen LogP contribution in [0.1, 0.15) is 28.2 Å². The van der Waals surface area contributed by atoms with E-state index < -0.39 is 10.0 Å². The molecule has 1 aromatic heterocycles. The van der Waals surface area contributed by atoms with Crippen molar-refractivity contribution < 1.29 is 13.2 Å². The van der Waals surface area contributed by atoms with Crippen LogP contribution in [-0.2, 0) is 10.0 Å². The molecule has 0 radical (unpaired) electrons. The number of hydrogen-bond acceptors (Lipinski definition) is 5. The largest absolute Gasteiger partial charge is 0.334 e. The zero-order valence-electron chi connectivity index (χ0n) is 14.9. The normalized spacial score (nSPS) is 12.6. The Morgan fingerprint density at radius 2 is 1.85 bits per heavy atom. The van der Waals surface area contributed by atoms with Crippen LogP contribution in [0.3, 0.4) is 0 Å². The van der Waals surface area contributed by atoms with E-state index >= 15 is 0 Å². The van der Waals surface area contributed by atoms with Gasteiger partial charge in [0, 0.05) is 12.6 Å². The minimum absolute atomic E-state index is 0.0249. The quantitative estimate of drug-likeness (QED) is 0.710. The maximum absolute atomic E-state index is 12.8.